The lowest BCUT2D eigenvalue weighted by Gasteiger charge is -2.18. The lowest BCUT2D eigenvalue weighted by atomic mass is 9.87. The number of fused-ring (bicyclic) bond motifs is 4. The molecule has 0 amide bonds. The molecule has 0 aliphatic carbocycles. The Bertz CT molecular complexity index is 1620. The van der Waals surface area contributed by atoms with Crippen LogP contribution in [0.3, 0.4) is 0 Å². The third-order valence-electron chi connectivity index (χ3n) is 6.56. The third-order valence-corrected chi connectivity index (χ3v) is 6.56. The number of para-hydroxylation sites is 2. The molecule has 0 fully saturated rings. The second-order valence-electron chi connectivity index (χ2n) is 10.3. The lowest BCUT2D eigenvalue weighted by Crippen LogP contribution is -2.20. The fraction of sp³-hybridized carbons (Fsp3) is 0.345. The average molecular weight is 481 g/mol. The molecule has 184 valence electrons. The van der Waals surface area contributed by atoms with Gasteiger partial charge in [-0.3, -0.25) is 9.36 Å². The van der Waals surface area contributed by atoms with Crippen LogP contribution in [-0.2, 0) is 12.0 Å². The van der Waals surface area contributed by atoms with Crippen molar-refractivity contribution in [3.05, 3.63) is 76.3 Å². The van der Waals surface area contributed by atoms with Crippen LogP contribution in [0.15, 0.2) is 64.8 Å². The molecule has 0 spiro atoms. The van der Waals surface area contributed by atoms with Crippen LogP contribution in [0, 0.1) is 0 Å². The minimum atomic E-state index is -0.102. The highest BCUT2D eigenvalue weighted by Crippen LogP contribution is 2.25. The predicted octanol–water partition coefficient (Wildman–Crippen LogP) is 6.05. The summed E-state index contributed by atoms with van der Waals surface area (Å²) in [7, 11) is 0. The smallest absolute Gasteiger partial charge is 0.265 e. The van der Waals surface area contributed by atoms with Crippen LogP contribution in [0.2, 0.25) is 0 Å². The number of nitrogens with zero attached hydrogens (tertiary/aromatic N) is 6. The van der Waals surface area contributed by atoms with Gasteiger partial charge in [-0.2, -0.15) is 9.78 Å². The van der Waals surface area contributed by atoms with Crippen molar-refractivity contribution in [2.45, 2.75) is 65.3 Å². The van der Waals surface area contributed by atoms with Gasteiger partial charge < -0.3 is 0 Å². The maximum absolute atomic E-state index is 13.6. The van der Waals surface area contributed by atoms with E-state index in [0.717, 1.165) is 42.3 Å². The van der Waals surface area contributed by atoms with Gasteiger partial charge in [-0.15, -0.1) is 0 Å². The zero-order valence-electron chi connectivity index (χ0n) is 21.4. The van der Waals surface area contributed by atoms with E-state index < -0.39 is 0 Å². The summed E-state index contributed by atoms with van der Waals surface area (Å²) in [5, 5.41) is 5.19. The monoisotopic (exact) mass is 480 g/mol. The number of hydrogen-bond donors (Lipinski definition) is 0. The Morgan fingerprint density at radius 1 is 0.917 bits per heavy atom. The maximum atomic E-state index is 13.6. The highest BCUT2D eigenvalue weighted by atomic mass is 16.1. The van der Waals surface area contributed by atoms with E-state index in [1.807, 2.05) is 24.3 Å². The normalized spacial score (nSPS) is 12.4. The summed E-state index contributed by atoms with van der Waals surface area (Å²) in [5.74, 6) is 0. The standard InChI is InChI=1S/C29H32N6O/c1-5-6-7-10-17-34-19-30-26-24(28(34)36)25-27(33-23-12-9-8-11-22(23)32-25)35(26)31-18-20-13-15-21(16-14-20)29(2,3)4/h8-9,11-16,18-19H,5-7,10,17H2,1-4H3/b31-18-. The van der Waals surface area contributed by atoms with E-state index in [1.165, 1.54) is 5.56 Å². The molecule has 36 heavy (non-hydrogen) atoms. The highest BCUT2D eigenvalue weighted by Gasteiger charge is 2.19. The molecule has 0 radical (unpaired) electrons. The van der Waals surface area contributed by atoms with Gasteiger partial charge in [-0.05, 0) is 35.1 Å². The zero-order chi connectivity index (χ0) is 25.3. The van der Waals surface area contributed by atoms with Gasteiger partial charge >= 0.3 is 0 Å². The van der Waals surface area contributed by atoms with Gasteiger partial charge in [-0.25, -0.2) is 15.0 Å². The molecule has 0 atom stereocenters. The highest BCUT2D eigenvalue weighted by molar-refractivity contribution is 6.04. The van der Waals surface area contributed by atoms with Crippen molar-refractivity contribution in [1.29, 1.82) is 0 Å². The maximum Gasteiger partial charge on any atom is 0.265 e. The Kier molecular flexibility index (Phi) is 6.39. The van der Waals surface area contributed by atoms with Crippen LogP contribution in [-0.4, -0.2) is 30.4 Å². The molecule has 0 saturated carbocycles. The molecule has 0 aliphatic heterocycles. The molecule has 5 aromatic rings. The van der Waals surface area contributed by atoms with Gasteiger partial charge in [0.2, 0.25) is 0 Å². The molecule has 0 aliphatic rings. The van der Waals surface area contributed by atoms with Gasteiger partial charge in [0.25, 0.3) is 5.56 Å². The lowest BCUT2D eigenvalue weighted by molar-refractivity contribution is 0.567. The van der Waals surface area contributed by atoms with Crippen molar-refractivity contribution >= 4 is 39.4 Å². The van der Waals surface area contributed by atoms with Crippen LogP contribution >= 0.6 is 0 Å². The Labute approximate surface area is 210 Å². The molecule has 7 heteroatoms. The van der Waals surface area contributed by atoms with Gasteiger partial charge in [-0.1, -0.05) is 83.4 Å². The molecule has 0 unspecified atom stereocenters. The van der Waals surface area contributed by atoms with E-state index >= 15 is 0 Å². The van der Waals surface area contributed by atoms with E-state index in [2.05, 4.69) is 56.9 Å². The number of aromatic nitrogens is 5. The topological polar surface area (TPSA) is 78.0 Å². The number of unbranched alkanes of at least 4 members (excludes halogenated alkanes) is 3. The summed E-state index contributed by atoms with van der Waals surface area (Å²) in [6, 6.07) is 16.0. The second-order valence-corrected chi connectivity index (χ2v) is 10.3. The van der Waals surface area contributed by atoms with Crippen molar-refractivity contribution in [3.63, 3.8) is 0 Å². The van der Waals surface area contributed by atoms with Gasteiger partial charge in [0.05, 0.1) is 23.6 Å². The van der Waals surface area contributed by atoms with Crippen molar-refractivity contribution in [2.24, 2.45) is 5.10 Å². The largest absolute Gasteiger partial charge is 0.299 e. The van der Waals surface area contributed by atoms with Crippen molar-refractivity contribution in [1.82, 2.24) is 24.2 Å². The first kappa shape index (κ1) is 23.9. The van der Waals surface area contributed by atoms with Crippen molar-refractivity contribution in [3.8, 4) is 0 Å². The number of benzene rings is 2. The zero-order valence-corrected chi connectivity index (χ0v) is 21.4. The summed E-state index contributed by atoms with van der Waals surface area (Å²) in [4.78, 5) is 27.9. The quantitative estimate of drug-likeness (QED) is 0.210. The summed E-state index contributed by atoms with van der Waals surface area (Å²) >= 11 is 0. The fourth-order valence-corrected chi connectivity index (χ4v) is 4.43. The summed E-state index contributed by atoms with van der Waals surface area (Å²) in [5.41, 5.74) is 5.21. The van der Waals surface area contributed by atoms with E-state index in [0.29, 0.717) is 28.7 Å². The van der Waals surface area contributed by atoms with Gasteiger partial charge in [0, 0.05) is 6.54 Å². The number of aryl methyl sites for hydroxylation is 1. The molecule has 3 aromatic heterocycles. The molecule has 2 aromatic carbocycles. The van der Waals surface area contributed by atoms with Crippen molar-refractivity contribution < 1.29 is 0 Å². The molecule has 3 heterocycles. The SMILES string of the molecule is CCCCCCn1cnc2c(c1=O)c1nc3ccccc3nc1n2/N=C\c1ccc(C(C)(C)C)cc1. The van der Waals surface area contributed by atoms with E-state index in [4.69, 9.17) is 15.1 Å². The summed E-state index contributed by atoms with van der Waals surface area (Å²) < 4.78 is 3.33. The second kappa shape index (κ2) is 9.64. The Hall–Kier alpha value is -3.87. The molecule has 0 bridgehead atoms. The van der Waals surface area contributed by atoms with E-state index in [1.54, 1.807) is 21.8 Å². The first-order chi connectivity index (χ1) is 17.4. The number of rotatable bonds is 7. The first-order valence-corrected chi connectivity index (χ1v) is 12.7. The Balaban J connectivity index is 1.64. The molecule has 0 N–H and O–H groups in total. The third kappa shape index (κ3) is 4.53. The van der Waals surface area contributed by atoms with Gasteiger partial charge in [0.15, 0.2) is 11.3 Å². The van der Waals surface area contributed by atoms with Crippen molar-refractivity contribution in [2.75, 3.05) is 0 Å². The van der Waals surface area contributed by atoms with Crippen LogP contribution in [0.1, 0.15) is 64.5 Å². The molecule has 7 nitrogen and oxygen atoms in total. The van der Waals surface area contributed by atoms with Crippen LogP contribution in [0.25, 0.3) is 33.2 Å². The van der Waals surface area contributed by atoms with E-state index in [9.17, 15) is 4.79 Å². The van der Waals surface area contributed by atoms with Gasteiger partial charge in [0.1, 0.15) is 10.9 Å². The van der Waals surface area contributed by atoms with Crippen LogP contribution in [0.5, 0.6) is 0 Å². The summed E-state index contributed by atoms with van der Waals surface area (Å²) in [6.07, 6.45) is 7.74. The average Bonchev–Trinajstić information content (AvgIpc) is 3.17. The minimum absolute atomic E-state index is 0.0828. The Morgan fingerprint density at radius 2 is 1.64 bits per heavy atom. The van der Waals surface area contributed by atoms with Crippen LogP contribution < -0.4 is 5.56 Å². The first-order valence-electron chi connectivity index (χ1n) is 12.7. The molecule has 0 saturated heterocycles. The van der Waals surface area contributed by atoms with Crippen LogP contribution in [0.4, 0.5) is 0 Å². The van der Waals surface area contributed by atoms with E-state index in [-0.39, 0.29) is 11.0 Å². The molecule has 5 rings (SSSR count). The summed E-state index contributed by atoms with van der Waals surface area (Å²) in [6.45, 7) is 9.40. The fourth-order valence-electron chi connectivity index (χ4n) is 4.43. The number of hydrogen-bond acceptors (Lipinski definition) is 5. The predicted molar refractivity (Wildman–Crippen MR) is 147 cm³/mol. The Morgan fingerprint density at radius 3 is 2.33 bits per heavy atom. The minimum Gasteiger partial charge on any atom is -0.299 e. The molecular formula is C29H32N6O. The molecular weight excluding hydrogens is 448 g/mol.